The third-order valence-corrected chi connectivity index (χ3v) is 4.18. The van der Waals surface area contributed by atoms with E-state index in [0.29, 0.717) is 36.3 Å². The van der Waals surface area contributed by atoms with E-state index in [4.69, 9.17) is 19.6 Å². The molecule has 0 unspecified atom stereocenters. The maximum absolute atomic E-state index is 10.6. The highest BCUT2D eigenvalue weighted by molar-refractivity contribution is 5.82. The number of oxazole rings is 1. The van der Waals surface area contributed by atoms with E-state index >= 15 is 0 Å². The lowest BCUT2D eigenvalue weighted by Crippen LogP contribution is -2.09. The molecule has 3 aromatic rings. The number of hydrogen-bond donors (Lipinski definition) is 1. The van der Waals surface area contributed by atoms with Crippen molar-refractivity contribution in [3.63, 3.8) is 0 Å². The summed E-state index contributed by atoms with van der Waals surface area (Å²) in [6.07, 6.45) is 0.445. The summed E-state index contributed by atoms with van der Waals surface area (Å²) in [7, 11) is 0. The minimum atomic E-state index is -0.963. The fraction of sp³-hybridized carbons (Fsp3) is 0.227. The predicted molar refractivity (Wildman–Crippen MR) is 110 cm³/mol. The number of nitrogens with two attached hydrogens (primary N) is 1. The fourth-order valence-corrected chi connectivity index (χ4v) is 2.74. The average Bonchev–Trinajstić information content (AvgIpc) is 3.08. The van der Waals surface area contributed by atoms with Gasteiger partial charge >= 0.3 is 6.09 Å². The van der Waals surface area contributed by atoms with Crippen molar-refractivity contribution in [2.45, 2.75) is 33.7 Å². The highest BCUT2D eigenvalue weighted by atomic mass is 16.7. The van der Waals surface area contributed by atoms with Gasteiger partial charge in [0.2, 0.25) is 0 Å². The monoisotopic (exact) mass is 409 g/mol. The highest BCUT2D eigenvalue weighted by Crippen LogP contribution is 2.20. The van der Waals surface area contributed by atoms with Gasteiger partial charge in [0.15, 0.2) is 11.7 Å². The van der Waals surface area contributed by atoms with E-state index in [2.05, 4.69) is 15.0 Å². The molecule has 0 radical (unpaired) electrons. The van der Waals surface area contributed by atoms with E-state index in [-0.39, 0.29) is 6.61 Å². The molecule has 8 nitrogen and oxygen atoms in total. The summed E-state index contributed by atoms with van der Waals surface area (Å²) < 4.78 is 17.3. The highest BCUT2D eigenvalue weighted by Gasteiger charge is 2.12. The Bertz CT molecular complexity index is 1010. The number of oxime groups is 1. The molecular formula is C22H23N3O5. The second-order valence-corrected chi connectivity index (χ2v) is 6.53. The number of ether oxygens (including phenoxy) is 2. The number of carbonyl (C=O) groups is 1. The van der Waals surface area contributed by atoms with E-state index < -0.39 is 6.09 Å². The quantitative estimate of drug-likeness (QED) is 0.325. The summed E-state index contributed by atoms with van der Waals surface area (Å²) >= 11 is 0. The van der Waals surface area contributed by atoms with Gasteiger partial charge in [-0.1, -0.05) is 35.5 Å². The second-order valence-electron chi connectivity index (χ2n) is 6.53. The molecule has 0 bridgehead atoms. The molecule has 0 atom stereocenters. The Kier molecular flexibility index (Phi) is 7.18. The standard InChI is InChI=1S/C22H23N3O5/c1-15-10-19(9-8-18(15)11-24-30-22(23)26)28-14-21-20(25-16(2)29-21)13-27-12-17-6-4-3-5-7-17/h3-11H,12-14H2,1-2H3,(H2,23,26)/b24-11+. The number of benzene rings is 2. The Morgan fingerprint density at radius 2 is 1.93 bits per heavy atom. The molecule has 0 aliphatic heterocycles. The first-order valence-electron chi connectivity index (χ1n) is 9.31. The zero-order valence-corrected chi connectivity index (χ0v) is 16.8. The van der Waals surface area contributed by atoms with Crippen LogP contribution in [0.2, 0.25) is 0 Å². The van der Waals surface area contributed by atoms with Crippen LogP contribution < -0.4 is 10.5 Å². The van der Waals surface area contributed by atoms with E-state index in [1.807, 2.05) is 43.3 Å². The molecule has 0 saturated carbocycles. The first kappa shape index (κ1) is 21.1. The van der Waals surface area contributed by atoms with Crippen molar-refractivity contribution < 1.29 is 23.5 Å². The van der Waals surface area contributed by atoms with Crippen LogP contribution in [0.1, 0.15) is 34.0 Å². The van der Waals surface area contributed by atoms with Crippen LogP contribution in [0.25, 0.3) is 0 Å². The molecule has 1 aromatic heterocycles. The van der Waals surface area contributed by atoms with Crippen LogP contribution in [0.3, 0.4) is 0 Å². The number of nitrogens with zero attached hydrogens (tertiary/aromatic N) is 2. The van der Waals surface area contributed by atoms with Crippen LogP contribution in [-0.2, 0) is 29.4 Å². The zero-order chi connectivity index (χ0) is 21.3. The molecule has 8 heteroatoms. The second kappa shape index (κ2) is 10.2. The minimum absolute atomic E-state index is 0.225. The van der Waals surface area contributed by atoms with E-state index in [0.717, 1.165) is 16.7 Å². The van der Waals surface area contributed by atoms with Gasteiger partial charge in [0.1, 0.15) is 18.1 Å². The van der Waals surface area contributed by atoms with Gasteiger partial charge in [0, 0.05) is 6.92 Å². The third kappa shape index (κ3) is 6.18. The number of hydrogen-bond acceptors (Lipinski definition) is 7. The lowest BCUT2D eigenvalue weighted by Gasteiger charge is -2.08. The summed E-state index contributed by atoms with van der Waals surface area (Å²) in [6.45, 7) is 4.73. The molecule has 0 spiro atoms. The van der Waals surface area contributed by atoms with Gasteiger partial charge in [-0.05, 0) is 41.8 Å². The lowest BCUT2D eigenvalue weighted by molar-refractivity contribution is 0.102. The molecule has 3 rings (SSSR count). The van der Waals surface area contributed by atoms with Crippen LogP contribution in [0.5, 0.6) is 5.75 Å². The molecule has 0 aliphatic carbocycles. The molecule has 156 valence electrons. The molecule has 0 aliphatic rings. The van der Waals surface area contributed by atoms with Gasteiger partial charge in [-0.3, -0.25) is 4.84 Å². The van der Waals surface area contributed by atoms with Crippen LogP contribution >= 0.6 is 0 Å². The smallest absolute Gasteiger partial charge is 0.430 e. The van der Waals surface area contributed by atoms with Crippen molar-refractivity contribution in [1.82, 2.24) is 4.98 Å². The Balaban J connectivity index is 1.57. The van der Waals surface area contributed by atoms with Crippen LogP contribution in [0.4, 0.5) is 4.79 Å². The maximum atomic E-state index is 10.6. The van der Waals surface area contributed by atoms with E-state index in [1.165, 1.54) is 6.21 Å². The van der Waals surface area contributed by atoms with Crippen LogP contribution in [-0.4, -0.2) is 17.3 Å². The van der Waals surface area contributed by atoms with Crippen molar-refractivity contribution in [3.8, 4) is 5.75 Å². The number of aromatic nitrogens is 1. The molecule has 2 aromatic carbocycles. The van der Waals surface area contributed by atoms with Crippen molar-refractivity contribution in [1.29, 1.82) is 0 Å². The van der Waals surface area contributed by atoms with Gasteiger partial charge in [-0.2, -0.15) is 0 Å². The topological polar surface area (TPSA) is 109 Å². The number of rotatable bonds is 9. The number of amides is 1. The van der Waals surface area contributed by atoms with E-state index in [9.17, 15) is 4.79 Å². The summed E-state index contributed by atoms with van der Waals surface area (Å²) in [5.41, 5.74) is 8.34. The largest absolute Gasteiger partial charge is 0.486 e. The normalized spacial score (nSPS) is 11.0. The molecule has 0 saturated heterocycles. The zero-order valence-electron chi connectivity index (χ0n) is 16.8. The number of aryl methyl sites for hydroxylation is 2. The summed E-state index contributed by atoms with van der Waals surface area (Å²) in [6, 6.07) is 15.4. The summed E-state index contributed by atoms with van der Waals surface area (Å²) in [5.74, 6) is 1.84. The van der Waals surface area contributed by atoms with E-state index in [1.54, 1.807) is 19.1 Å². The molecule has 30 heavy (non-hydrogen) atoms. The van der Waals surface area contributed by atoms with Crippen LogP contribution in [0, 0.1) is 13.8 Å². The van der Waals surface area contributed by atoms with Crippen molar-refractivity contribution in [3.05, 3.63) is 82.6 Å². The van der Waals surface area contributed by atoms with Gasteiger partial charge in [-0.15, -0.1) is 0 Å². The van der Waals surface area contributed by atoms with Gasteiger partial charge in [-0.25, -0.2) is 9.78 Å². The SMILES string of the molecule is Cc1nc(COCc2ccccc2)c(COc2ccc(/C=N/OC(N)=O)c(C)c2)o1. The molecular weight excluding hydrogens is 386 g/mol. The third-order valence-electron chi connectivity index (χ3n) is 4.18. The Labute approximate surface area is 174 Å². The molecule has 0 fully saturated rings. The molecule has 1 amide bonds. The Morgan fingerprint density at radius 1 is 1.13 bits per heavy atom. The molecule has 2 N–H and O–H groups in total. The van der Waals surface area contributed by atoms with Gasteiger partial charge < -0.3 is 19.6 Å². The average molecular weight is 409 g/mol. The maximum Gasteiger partial charge on any atom is 0.430 e. The van der Waals surface area contributed by atoms with Crippen molar-refractivity contribution in [2.24, 2.45) is 10.9 Å². The number of carbonyl (C=O) groups excluding carboxylic acids is 1. The fourth-order valence-electron chi connectivity index (χ4n) is 2.74. The minimum Gasteiger partial charge on any atom is -0.486 e. The molecule has 1 heterocycles. The Morgan fingerprint density at radius 3 is 2.67 bits per heavy atom. The predicted octanol–water partition coefficient (Wildman–Crippen LogP) is 4.02. The first-order chi connectivity index (χ1) is 14.5. The van der Waals surface area contributed by atoms with Crippen LogP contribution in [0.15, 0.2) is 58.1 Å². The lowest BCUT2D eigenvalue weighted by atomic mass is 10.1. The number of primary amides is 1. The van der Waals surface area contributed by atoms with Gasteiger partial charge in [0.25, 0.3) is 0 Å². The summed E-state index contributed by atoms with van der Waals surface area (Å²) in [4.78, 5) is 19.3. The summed E-state index contributed by atoms with van der Waals surface area (Å²) in [5, 5.41) is 3.51. The van der Waals surface area contributed by atoms with Crippen molar-refractivity contribution in [2.75, 3.05) is 0 Å². The van der Waals surface area contributed by atoms with Crippen molar-refractivity contribution >= 4 is 12.3 Å². The Hall–Kier alpha value is -3.65. The first-order valence-corrected chi connectivity index (χ1v) is 9.31. The van der Waals surface area contributed by atoms with Gasteiger partial charge in [0.05, 0.1) is 19.4 Å².